The molecule has 146 valence electrons. The van der Waals surface area contributed by atoms with Gasteiger partial charge in [-0.1, -0.05) is 25.1 Å². The number of benzene rings is 1. The fraction of sp³-hybridized carbons (Fsp3) is 0.250. The Labute approximate surface area is 160 Å². The van der Waals surface area contributed by atoms with E-state index in [0.717, 1.165) is 16.7 Å². The molecule has 0 aliphatic carbocycles. The van der Waals surface area contributed by atoms with Crippen molar-refractivity contribution in [2.45, 2.75) is 25.3 Å². The summed E-state index contributed by atoms with van der Waals surface area (Å²) in [4.78, 5) is 12.7. The maximum Gasteiger partial charge on any atom is 0.573 e. The van der Waals surface area contributed by atoms with Crippen LogP contribution in [-0.4, -0.2) is 28.4 Å². The molecule has 0 bridgehead atoms. The molecule has 8 heteroatoms. The predicted molar refractivity (Wildman–Crippen MR) is 96.5 cm³/mol. The Morgan fingerprint density at radius 3 is 2.04 bits per heavy atom. The summed E-state index contributed by atoms with van der Waals surface area (Å²) in [6, 6.07) is 9.30. The van der Waals surface area contributed by atoms with Crippen molar-refractivity contribution in [2.24, 2.45) is 0 Å². The van der Waals surface area contributed by atoms with Crippen LogP contribution in [0.4, 0.5) is 13.2 Å². The van der Waals surface area contributed by atoms with Gasteiger partial charge in [-0.25, -0.2) is 9.97 Å². The molecule has 1 unspecified atom stereocenters. The van der Waals surface area contributed by atoms with E-state index in [0.29, 0.717) is 12.1 Å². The molecule has 1 aromatic carbocycles. The fourth-order valence-electron chi connectivity index (χ4n) is 3.06. The minimum atomic E-state index is -4.71. The maximum absolute atomic E-state index is 12.3. The van der Waals surface area contributed by atoms with E-state index in [-0.39, 0.29) is 5.75 Å². The molecular weight excluding hydrogens is 371 g/mol. The molecule has 2 heterocycles. The van der Waals surface area contributed by atoms with Gasteiger partial charge in [0.2, 0.25) is 0 Å². The quantitative estimate of drug-likeness (QED) is 0.610. The number of hydrogen-bond donors (Lipinski definition) is 0. The summed E-state index contributed by atoms with van der Waals surface area (Å²) in [5, 5.41) is 0. The summed E-state index contributed by atoms with van der Waals surface area (Å²) in [6.45, 7) is 1.98. The number of rotatable bonds is 6. The van der Waals surface area contributed by atoms with Gasteiger partial charge in [0.05, 0.1) is 5.69 Å². The van der Waals surface area contributed by atoms with Gasteiger partial charge in [-0.3, -0.25) is 4.98 Å². The average Bonchev–Trinajstić information content (AvgIpc) is 2.70. The zero-order chi connectivity index (χ0) is 20.2. The molecule has 5 nitrogen and oxygen atoms in total. The third-order valence-electron chi connectivity index (χ3n) is 4.47. The standard InChI is InChI=1S/C20H18F3N3O2/c1-3-19(27-2,16-11-24-13-25-12-16)18-9-6-15(10-26-18)14-4-7-17(8-5-14)28-20(21,22)23/h4-13H,3H2,1-2H3. The van der Waals surface area contributed by atoms with Crippen LogP contribution >= 0.6 is 0 Å². The summed E-state index contributed by atoms with van der Waals surface area (Å²) in [7, 11) is 1.60. The highest BCUT2D eigenvalue weighted by Gasteiger charge is 2.34. The number of ether oxygens (including phenoxy) is 2. The van der Waals surface area contributed by atoms with Crippen LogP contribution < -0.4 is 4.74 Å². The fourth-order valence-corrected chi connectivity index (χ4v) is 3.06. The Kier molecular flexibility index (Phi) is 5.60. The van der Waals surface area contributed by atoms with Gasteiger partial charge in [-0.15, -0.1) is 13.2 Å². The van der Waals surface area contributed by atoms with Crippen molar-refractivity contribution in [3.8, 4) is 16.9 Å². The molecule has 1 atom stereocenters. The van der Waals surface area contributed by atoms with Crippen LogP contribution in [0.2, 0.25) is 0 Å². The number of hydrogen-bond acceptors (Lipinski definition) is 5. The van der Waals surface area contributed by atoms with E-state index in [4.69, 9.17) is 4.74 Å². The molecule has 28 heavy (non-hydrogen) atoms. The minimum Gasteiger partial charge on any atom is -0.406 e. The summed E-state index contributed by atoms with van der Waals surface area (Å²) in [5.74, 6) is -0.269. The van der Waals surface area contributed by atoms with Crippen molar-refractivity contribution in [3.63, 3.8) is 0 Å². The first kappa shape index (κ1) is 19.8. The van der Waals surface area contributed by atoms with E-state index in [1.54, 1.807) is 37.8 Å². The molecule has 0 saturated heterocycles. The highest BCUT2D eigenvalue weighted by Crippen LogP contribution is 2.35. The summed E-state index contributed by atoms with van der Waals surface area (Å²) in [6.07, 6.45) is 2.39. The number of nitrogens with zero attached hydrogens (tertiary/aromatic N) is 3. The summed E-state index contributed by atoms with van der Waals surface area (Å²) >= 11 is 0. The predicted octanol–water partition coefficient (Wildman–Crippen LogP) is 4.74. The van der Waals surface area contributed by atoms with E-state index in [1.165, 1.54) is 18.5 Å². The van der Waals surface area contributed by atoms with Gasteiger partial charge in [-0.2, -0.15) is 0 Å². The molecule has 0 aliphatic heterocycles. The lowest BCUT2D eigenvalue weighted by Gasteiger charge is -2.30. The van der Waals surface area contributed by atoms with Crippen LogP contribution in [0.5, 0.6) is 5.75 Å². The molecule has 3 rings (SSSR count). The zero-order valence-electron chi connectivity index (χ0n) is 15.3. The molecular formula is C20H18F3N3O2. The maximum atomic E-state index is 12.3. The van der Waals surface area contributed by atoms with Gasteiger partial charge >= 0.3 is 6.36 Å². The molecule has 0 saturated carbocycles. The first-order chi connectivity index (χ1) is 13.4. The molecule has 3 aromatic rings. The number of aromatic nitrogens is 3. The van der Waals surface area contributed by atoms with Crippen molar-refractivity contribution in [3.05, 3.63) is 72.6 Å². The third kappa shape index (κ3) is 4.12. The zero-order valence-corrected chi connectivity index (χ0v) is 15.3. The Morgan fingerprint density at radius 1 is 0.893 bits per heavy atom. The molecule has 0 radical (unpaired) electrons. The normalized spacial score (nSPS) is 13.8. The van der Waals surface area contributed by atoms with Gasteiger partial charge in [0.1, 0.15) is 17.7 Å². The monoisotopic (exact) mass is 389 g/mol. The Hall–Kier alpha value is -3.00. The second-order valence-corrected chi connectivity index (χ2v) is 6.02. The van der Waals surface area contributed by atoms with Gasteiger partial charge in [0.25, 0.3) is 0 Å². The third-order valence-corrected chi connectivity index (χ3v) is 4.47. The second kappa shape index (κ2) is 7.93. The van der Waals surface area contributed by atoms with E-state index < -0.39 is 12.0 Å². The number of alkyl halides is 3. The topological polar surface area (TPSA) is 57.1 Å². The molecule has 0 N–H and O–H groups in total. The van der Waals surface area contributed by atoms with E-state index in [9.17, 15) is 13.2 Å². The lowest BCUT2D eigenvalue weighted by atomic mass is 9.88. The first-order valence-electron chi connectivity index (χ1n) is 8.51. The van der Waals surface area contributed by atoms with Gasteiger partial charge in [0.15, 0.2) is 0 Å². The highest BCUT2D eigenvalue weighted by molar-refractivity contribution is 5.63. The molecule has 2 aromatic heterocycles. The largest absolute Gasteiger partial charge is 0.573 e. The Morgan fingerprint density at radius 2 is 1.54 bits per heavy atom. The van der Waals surface area contributed by atoms with Crippen LogP contribution in [0, 0.1) is 0 Å². The van der Waals surface area contributed by atoms with Gasteiger partial charge in [-0.05, 0) is 30.2 Å². The van der Waals surface area contributed by atoms with Gasteiger partial charge in [0, 0.05) is 36.8 Å². The number of pyridine rings is 1. The summed E-state index contributed by atoms with van der Waals surface area (Å²) < 4.78 is 46.5. The van der Waals surface area contributed by atoms with Crippen molar-refractivity contribution >= 4 is 0 Å². The first-order valence-corrected chi connectivity index (χ1v) is 8.51. The molecule has 0 spiro atoms. The molecule has 0 aliphatic rings. The van der Waals surface area contributed by atoms with E-state index in [2.05, 4.69) is 19.7 Å². The number of methoxy groups -OCH3 is 1. The van der Waals surface area contributed by atoms with Crippen molar-refractivity contribution in [1.82, 2.24) is 15.0 Å². The van der Waals surface area contributed by atoms with Crippen LogP contribution in [0.1, 0.15) is 24.6 Å². The Bertz CT molecular complexity index is 895. The highest BCUT2D eigenvalue weighted by atomic mass is 19.4. The smallest absolute Gasteiger partial charge is 0.406 e. The van der Waals surface area contributed by atoms with Crippen LogP contribution in [-0.2, 0) is 10.3 Å². The molecule has 0 fully saturated rings. The van der Waals surface area contributed by atoms with Crippen LogP contribution in [0.15, 0.2) is 61.3 Å². The van der Waals surface area contributed by atoms with Crippen molar-refractivity contribution in [2.75, 3.05) is 7.11 Å². The van der Waals surface area contributed by atoms with Crippen LogP contribution in [0.3, 0.4) is 0 Å². The Balaban J connectivity index is 1.88. The van der Waals surface area contributed by atoms with Gasteiger partial charge < -0.3 is 9.47 Å². The number of halogens is 3. The summed E-state index contributed by atoms with van der Waals surface area (Å²) in [5.41, 5.74) is 2.16. The minimum absolute atomic E-state index is 0.269. The van der Waals surface area contributed by atoms with E-state index in [1.807, 2.05) is 19.1 Å². The lowest BCUT2D eigenvalue weighted by molar-refractivity contribution is -0.274. The lowest BCUT2D eigenvalue weighted by Crippen LogP contribution is -2.30. The van der Waals surface area contributed by atoms with Crippen molar-refractivity contribution in [1.29, 1.82) is 0 Å². The van der Waals surface area contributed by atoms with Crippen LogP contribution in [0.25, 0.3) is 11.1 Å². The molecule has 0 amide bonds. The van der Waals surface area contributed by atoms with Crippen molar-refractivity contribution < 1.29 is 22.6 Å². The average molecular weight is 389 g/mol. The SMILES string of the molecule is CCC(OC)(c1cncnc1)c1ccc(-c2ccc(OC(F)(F)F)cc2)cn1. The second-order valence-electron chi connectivity index (χ2n) is 6.02. The van der Waals surface area contributed by atoms with E-state index >= 15 is 0 Å².